The molecule has 0 atom stereocenters. The quantitative estimate of drug-likeness (QED) is 0.332. The maximum Gasteiger partial charge on any atom is 0.328 e. The van der Waals surface area contributed by atoms with Gasteiger partial charge in [0, 0.05) is 0 Å². The van der Waals surface area contributed by atoms with Gasteiger partial charge in [-0.1, -0.05) is 26.0 Å². The van der Waals surface area contributed by atoms with Crippen LogP contribution in [-0.2, 0) is 14.3 Å². The Labute approximate surface area is 132 Å². The molecule has 1 aromatic carbocycles. The van der Waals surface area contributed by atoms with Crippen LogP contribution >= 0.6 is 0 Å². The van der Waals surface area contributed by atoms with E-state index in [0.717, 1.165) is 18.4 Å². The molecule has 122 valence electrons. The molecule has 0 saturated carbocycles. The Bertz CT molecular complexity index is 518. The minimum Gasteiger partial charge on any atom is -0.465 e. The second-order valence-corrected chi connectivity index (χ2v) is 6.50. The summed E-state index contributed by atoms with van der Waals surface area (Å²) in [5.74, 6) is -0.149. The Hall–Kier alpha value is -1.84. The highest BCUT2D eigenvalue weighted by molar-refractivity contribution is 5.99. The number of aryl methyl sites for hydroxylation is 1. The number of benzene rings is 1. The molecule has 22 heavy (non-hydrogen) atoms. The molecule has 0 bridgehead atoms. The first-order valence-corrected chi connectivity index (χ1v) is 7.69. The van der Waals surface area contributed by atoms with Crippen molar-refractivity contribution in [3.05, 3.63) is 29.8 Å². The van der Waals surface area contributed by atoms with Gasteiger partial charge in [0.05, 0.1) is 6.61 Å². The van der Waals surface area contributed by atoms with Crippen LogP contribution in [0.25, 0.3) is 0 Å². The van der Waals surface area contributed by atoms with E-state index in [-0.39, 0.29) is 0 Å². The standard InChI is InChI=1S/C18H26O4/c1-13(2)8-7-11-21-16(19)18(4,5)17(20)22-15-10-6-9-14(3)12-15/h6,9-10,12-13H,7-8,11H2,1-5H3. The zero-order valence-electron chi connectivity index (χ0n) is 14.1. The van der Waals surface area contributed by atoms with Gasteiger partial charge in [0.15, 0.2) is 5.41 Å². The van der Waals surface area contributed by atoms with Crippen LogP contribution in [0, 0.1) is 18.3 Å². The fourth-order valence-electron chi connectivity index (χ4n) is 1.83. The van der Waals surface area contributed by atoms with Gasteiger partial charge in [-0.05, 0) is 57.2 Å². The van der Waals surface area contributed by atoms with E-state index in [1.54, 1.807) is 18.2 Å². The number of rotatable bonds is 7. The monoisotopic (exact) mass is 306 g/mol. The summed E-state index contributed by atoms with van der Waals surface area (Å²) in [5.41, 5.74) is -0.332. The minimum absolute atomic E-state index is 0.332. The highest BCUT2D eigenvalue weighted by atomic mass is 16.6. The smallest absolute Gasteiger partial charge is 0.328 e. The van der Waals surface area contributed by atoms with Crippen molar-refractivity contribution in [2.75, 3.05) is 6.61 Å². The molecule has 0 unspecified atom stereocenters. The largest absolute Gasteiger partial charge is 0.465 e. The molecule has 0 spiro atoms. The van der Waals surface area contributed by atoms with Gasteiger partial charge in [-0.2, -0.15) is 0 Å². The molecular formula is C18H26O4. The third-order valence-electron chi connectivity index (χ3n) is 3.38. The van der Waals surface area contributed by atoms with Crippen LogP contribution in [0.5, 0.6) is 5.75 Å². The number of carbonyl (C=O) groups excluding carboxylic acids is 2. The summed E-state index contributed by atoms with van der Waals surface area (Å²) in [7, 11) is 0. The number of hydrogen-bond donors (Lipinski definition) is 0. The van der Waals surface area contributed by atoms with Crippen LogP contribution in [0.3, 0.4) is 0 Å². The van der Waals surface area contributed by atoms with Crippen LogP contribution in [-0.4, -0.2) is 18.5 Å². The zero-order chi connectivity index (χ0) is 16.8. The lowest BCUT2D eigenvalue weighted by Crippen LogP contribution is -2.38. The number of carbonyl (C=O) groups is 2. The Kier molecular flexibility index (Phi) is 6.60. The summed E-state index contributed by atoms with van der Waals surface area (Å²) in [6.07, 6.45) is 1.79. The fourth-order valence-corrected chi connectivity index (χ4v) is 1.83. The average molecular weight is 306 g/mol. The van der Waals surface area contributed by atoms with Crippen LogP contribution in [0.2, 0.25) is 0 Å². The summed E-state index contributed by atoms with van der Waals surface area (Å²) >= 11 is 0. The average Bonchev–Trinajstić information content (AvgIpc) is 2.43. The molecule has 1 rings (SSSR count). The molecule has 0 radical (unpaired) electrons. The third-order valence-corrected chi connectivity index (χ3v) is 3.38. The summed E-state index contributed by atoms with van der Waals surface area (Å²) < 4.78 is 10.5. The summed E-state index contributed by atoms with van der Waals surface area (Å²) in [6, 6.07) is 7.15. The minimum atomic E-state index is -1.32. The van der Waals surface area contributed by atoms with Gasteiger partial charge in [0.1, 0.15) is 5.75 Å². The van der Waals surface area contributed by atoms with Crippen LogP contribution in [0.15, 0.2) is 24.3 Å². The van der Waals surface area contributed by atoms with E-state index in [9.17, 15) is 9.59 Å². The Balaban J connectivity index is 2.56. The van der Waals surface area contributed by atoms with Gasteiger partial charge in [-0.25, -0.2) is 0 Å². The molecule has 4 nitrogen and oxygen atoms in total. The molecule has 0 aliphatic heterocycles. The Morgan fingerprint density at radius 3 is 2.45 bits per heavy atom. The fraction of sp³-hybridized carbons (Fsp3) is 0.556. The lowest BCUT2D eigenvalue weighted by atomic mass is 9.94. The lowest BCUT2D eigenvalue weighted by Gasteiger charge is -2.20. The summed E-state index contributed by atoms with van der Waals surface area (Å²) in [4.78, 5) is 24.3. The number of ether oxygens (including phenoxy) is 2. The van der Waals surface area contributed by atoms with Crippen molar-refractivity contribution in [1.82, 2.24) is 0 Å². The highest BCUT2D eigenvalue weighted by Gasteiger charge is 2.39. The van der Waals surface area contributed by atoms with Crippen LogP contribution in [0.1, 0.15) is 46.1 Å². The van der Waals surface area contributed by atoms with E-state index < -0.39 is 17.4 Å². The van der Waals surface area contributed by atoms with E-state index in [2.05, 4.69) is 13.8 Å². The van der Waals surface area contributed by atoms with Crippen molar-refractivity contribution in [2.45, 2.75) is 47.5 Å². The molecule has 0 saturated heterocycles. The predicted octanol–water partition coefficient (Wildman–Crippen LogP) is 3.91. The zero-order valence-corrected chi connectivity index (χ0v) is 14.1. The van der Waals surface area contributed by atoms with E-state index >= 15 is 0 Å². The second kappa shape index (κ2) is 7.97. The van der Waals surface area contributed by atoms with Crippen LogP contribution in [0.4, 0.5) is 0 Å². The molecule has 0 aliphatic carbocycles. The second-order valence-electron chi connectivity index (χ2n) is 6.50. The van der Waals surface area contributed by atoms with Crippen molar-refractivity contribution in [3.8, 4) is 5.75 Å². The molecule has 0 aliphatic rings. The van der Waals surface area contributed by atoms with E-state index in [0.29, 0.717) is 18.3 Å². The predicted molar refractivity (Wildman–Crippen MR) is 85.6 cm³/mol. The first-order chi connectivity index (χ1) is 10.2. The third kappa shape index (κ3) is 5.51. The van der Waals surface area contributed by atoms with Gasteiger partial charge in [0.25, 0.3) is 0 Å². The van der Waals surface area contributed by atoms with E-state index in [4.69, 9.17) is 9.47 Å². The Morgan fingerprint density at radius 1 is 1.18 bits per heavy atom. The van der Waals surface area contributed by atoms with Gasteiger partial charge in [0.2, 0.25) is 0 Å². The van der Waals surface area contributed by atoms with E-state index in [1.165, 1.54) is 13.8 Å². The van der Waals surface area contributed by atoms with Gasteiger partial charge in [-0.15, -0.1) is 0 Å². The number of hydrogen-bond acceptors (Lipinski definition) is 4. The Morgan fingerprint density at radius 2 is 1.86 bits per heavy atom. The van der Waals surface area contributed by atoms with Crippen molar-refractivity contribution >= 4 is 11.9 Å². The summed E-state index contributed by atoms with van der Waals surface area (Å²) in [6.45, 7) is 9.52. The molecule has 0 N–H and O–H groups in total. The first kappa shape index (κ1) is 18.2. The van der Waals surface area contributed by atoms with Crippen molar-refractivity contribution in [3.63, 3.8) is 0 Å². The topological polar surface area (TPSA) is 52.6 Å². The van der Waals surface area contributed by atoms with Gasteiger partial charge in [-0.3, -0.25) is 9.59 Å². The lowest BCUT2D eigenvalue weighted by molar-refractivity contribution is -0.164. The van der Waals surface area contributed by atoms with Gasteiger partial charge >= 0.3 is 11.9 Å². The van der Waals surface area contributed by atoms with Crippen molar-refractivity contribution in [2.24, 2.45) is 11.3 Å². The van der Waals surface area contributed by atoms with E-state index in [1.807, 2.05) is 13.0 Å². The molecule has 0 aromatic heterocycles. The molecule has 1 aromatic rings. The molecule has 0 heterocycles. The van der Waals surface area contributed by atoms with Crippen molar-refractivity contribution in [1.29, 1.82) is 0 Å². The maximum absolute atomic E-state index is 12.2. The van der Waals surface area contributed by atoms with Crippen molar-refractivity contribution < 1.29 is 19.1 Å². The maximum atomic E-state index is 12.2. The SMILES string of the molecule is Cc1cccc(OC(=O)C(C)(C)C(=O)OCCCC(C)C)c1. The van der Waals surface area contributed by atoms with Gasteiger partial charge < -0.3 is 9.47 Å². The molecule has 0 amide bonds. The highest BCUT2D eigenvalue weighted by Crippen LogP contribution is 2.23. The van der Waals surface area contributed by atoms with Crippen LogP contribution < -0.4 is 4.74 Å². The molecule has 4 heteroatoms. The normalized spacial score (nSPS) is 11.4. The number of esters is 2. The first-order valence-electron chi connectivity index (χ1n) is 7.69. The molecular weight excluding hydrogens is 280 g/mol. The molecule has 0 fully saturated rings. The summed E-state index contributed by atoms with van der Waals surface area (Å²) in [5, 5.41) is 0.